The van der Waals surface area contributed by atoms with Gasteiger partial charge in [-0.15, -0.1) is 12.3 Å². The fraction of sp³-hybridized carbons (Fsp3) is 0.833. The number of likely N-dealkylation sites (N-methyl/N-ethyl adjacent to an activating group) is 1. The molecule has 0 saturated carbocycles. The van der Waals surface area contributed by atoms with Crippen molar-refractivity contribution in [2.24, 2.45) is 0 Å². The SMILES string of the molecule is C#CCCCC(COC(C)C)NCC. The van der Waals surface area contributed by atoms with Crippen molar-refractivity contribution in [2.45, 2.75) is 52.2 Å². The highest BCUT2D eigenvalue weighted by Gasteiger charge is 2.07. The fourth-order valence-corrected chi connectivity index (χ4v) is 1.29. The molecule has 0 radical (unpaired) electrons. The Morgan fingerprint density at radius 2 is 2.14 bits per heavy atom. The lowest BCUT2D eigenvalue weighted by Gasteiger charge is -2.18. The highest BCUT2D eigenvalue weighted by atomic mass is 16.5. The summed E-state index contributed by atoms with van der Waals surface area (Å²) in [6, 6.07) is 0.454. The van der Waals surface area contributed by atoms with E-state index in [4.69, 9.17) is 11.2 Å². The van der Waals surface area contributed by atoms with Gasteiger partial charge in [-0.3, -0.25) is 0 Å². The first kappa shape index (κ1) is 13.5. The van der Waals surface area contributed by atoms with Gasteiger partial charge < -0.3 is 10.1 Å². The van der Waals surface area contributed by atoms with Crippen LogP contribution in [0.25, 0.3) is 0 Å². The first-order valence-corrected chi connectivity index (χ1v) is 5.49. The van der Waals surface area contributed by atoms with E-state index in [9.17, 15) is 0 Å². The molecule has 0 saturated heterocycles. The molecular formula is C12H23NO. The summed E-state index contributed by atoms with van der Waals surface area (Å²) < 4.78 is 5.57. The Morgan fingerprint density at radius 1 is 1.43 bits per heavy atom. The van der Waals surface area contributed by atoms with Gasteiger partial charge in [0.1, 0.15) is 0 Å². The zero-order valence-corrected chi connectivity index (χ0v) is 9.68. The van der Waals surface area contributed by atoms with Crippen LogP contribution in [0.4, 0.5) is 0 Å². The van der Waals surface area contributed by atoms with E-state index < -0.39 is 0 Å². The molecule has 0 rings (SSSR count). The third-order valence-corrected chi connectivity index (χ3v) is 2.00. The Hall–Kier alpha value is -0.520. The Morgan fingerprint density at radius 3 is 2.64 bits per heavy atom. The summed E-state index contributed by atoms with van der Waals surface area (Å²) in [5.41, 5.74) is 0. The molecule has 1 N–H and O–H groups in total. The molecule has 0 fully saturated rings. The van der Waals surface area contributed by atoms with Crippen molar-refractivity contribution in [3.8, 4) is 12.3 Å². The molecule has 2 nitrogen and oxygen atoms in total. The van der Waals surface area contributed by atoms with Crippen molar-refractivity contribution in [1.82, 2.24) is 5.32 Å². The first-order chi connectivity index (χ1) is 6.70. The van der Waals surface area contributed by atoms with E-state index in [0.717, 1.165) is 32.4 Å². The van der Waals surface area contributed by atoms with E-state index in [0.29, 0.717) is 12.1 Å². The topological polar surface area (TPSA) is 21.3 Å². The van der Waals surface area contributed by atoms with Crippen LogP contribution in [0.2, 0.25) is 0 Å². The summed E-state index contributed by atoms with van der Waals surface area (Å²) in [6.45, 7) is 8.01. The Labute approximate surface area is 88.4 Å². The highest BCUT2D eigenvalue weighted by molar-refractivity contribution is 4.83. The largest absolute Gasteiger partial charge is 0.377 e. The molecule has 0 spiro atoms. The van der Waals surface area contributed by atoms with Crippen LogP contribution in [0.15, 0.2) is 0 Å². The summed E-state index contributed by atoms with van der Waals surface area (Å²) >= 11 is 0. The molecule has 1 unspecified atom stereocenters. The van der Waals surface area contributed by atoms with Gasteiger partial charge >= 0.3 is 0 Å². The van der Waals surface area contributed by atoms with E-state index in [2.05, 4.69) is 32.0 Å². The minimum absolute atomic E-state index is 0.309. The van der Waals surface area contributed by atoms with Gasteiger partial charge in [-0.1, -0.05) is 6.92 Å². The molecule has 0 amide bonds. The molecule has 14 heavy (non-hydrogen) atoms. The third-order valence-electron chi connectivity index (χ3n) is 2.00. The molecule has 0 aromatic rings. The molecule has 0 aliphatic heterocycles. The molecule has 2 heteroatoms. The predicted molar refractivity (Wildman–Crippen MR) is 61.2 cm³/mol. The minimum atomic E-state index is 0.309. The monoisotopic (exact) mass is 197 g/mol. The van der Waals surface area contributed by atoms with Crippen LogP contribution in [0.1, 0.15) is 40.0 Å². The van der Waals surface area contributed by atoms with Gasteiger partial charge in [0.2, 0.25) is 0 Å². The number of nitrogens with one attached hydrogen (secondary N) is 1. The second-order valence-electron chi connectivity index (χ2n) is 3.73. The maximum atomic E-state index is 5.57. The Balaban J connectivity index is 3.61. The van der Waals surface area contributed by atoms with Crippen molar-refractivity contribution < 1.29 is 4.74 Å². The number of terminal acetylenes is 1. The Kier molecular flexibility index (Phi) is 8.72. The van der Waals surface area contributed by atoms with E-state index in [-0.39, 0.29) is 0 Å². The maximum Gasteiger partial charge on any atom is 0.0623 e. The number of hydrogen-bond donors (Lipinski definition) is 1. The first-order valence-electron chi connectivity index (χ1n) is 5.49. The van der Waals surface area contributed by atoms with Crippen molar-refractivity contribution in [3.05, 3.63) is 0 Å². The minimum Gasteiger partial charge on any atom is -0.377 e. The number of rotatable bonds is 8. The maximum absolute atomic E-state index is 5.57. The second kappa shape index (κ2) is 9.05. The van der Waals surface area contributed by atoms with Gasteiger partial charge in [-0.25, -0.2) is 0 Å². The highest BCUT2D eigenvalue weighted by Crippen LogP contribution is 2.02. The molecule has 0 bridgehead atoms. The van der Waals surface area contributed by atoms with Crippen molar-refractivity contribution in [1.29, 1.82) is 0 Å². The number of ether oxygens (including phenoxy) is 1. The van der Waals surface area contributed by atoms with Gasteiger partial charge in [0.05, 0.1) is 12.7 Å². The standard InChI is InChI=1S/C12H23NO/c1-5-7-8-9-12(13-6-2)10-14-11(3)4/h1,11-13H,6-10H2,2-4H3. The summed E-state index contributed by atoms with van der Waals surface area (Å²) in [5, 5.41) is 3.40. The van der Waals surface area contributed by atoms with Crippen molar-refractivity contribution >= 4 is 0 Å². The third kappa shape index (κ3) is 8.10. The number of hydrogen-bond acceptors (Lipinski definition) is 2. The van der Waals surface area contributed by atoms with E-state index in [1.165, 1.54) is 0 Å². The molecule has 0 aromatic heterocycles. The zero-order chi connectivity index (χ0) is 10.8. The average molecular weight is 197 g/mol. The molecule has 0 aromatic carbocycles. The lowest BCUT2D eigenvalue weighted by molar-refractivity contribution is 0.0595. The van der Waals surface area contributed by atoms with E-state index in [1.54, 1.807) is 0 Å². The molecule has 0 aliphatic carbocycles. The summed E-state index contributed by atoms with van der Waals surface area (Å²) in [7, 11) is 0. The normalized spacial score (nSPS) is 12.8. The predicted octanol–water partition coefficient (Wildman–Crippen LogP) is 2.19. The number of unbranched alkanes of at least 4 members (excludes halogenated alkanes) is 1. The second-order valence-corrected chi connectivity index (χ2v) is 3.73. The van der Waals surface area contributed by atoms with Crippen molar-refractivity contribution in [3.63, 3.8) is 0 Å². The van der Waals surface area contributed by atoms with Gasteiger partial charge in [0.15, 0.2) is 0 Å². The van der Waals surface area contributed by atoms with Crippen LogP contribution < -0.4 is 5.32 Å². The average Bonchev–Trinajstić information content (AvgIpc) is 2.14. The van der Waals surface area contributed by atoms with Crippen LogP contribution >= 0.6 is 0 Å². The van der Waals surface area contributed by atoms with Crippen LogP contribution in [-0.2, 0) is 4.74 Å². The van der Waals surface area contributed by atoms with Crippen molar-refractivity contribution in [2.75, 3.05) is 13.2 Å². The summed E-state index contributed by atoms with van der Waals surface area (Å²) in [4.78, 5) is 0. The molecule has 0 aliphatic rings. The van der Waals surface area contributed by atoms with Gasteiger partial charge in [-0.05, 0) is 33.2 Å². The zero-order valence-electron chi connectivity index (χ0n) is 9.68. The lowest BCUT2D eigenvalue weighted by Crippen LogP contribution is -2.34. The smallest absolute Gasteiger partial charge is 0.0623 e. The molecular weight excluding hydrogens is 174 g/mol. The van der Waals surface area contributed by atoms with Gasteiger partial charge in [-0.2, -0.15) is 0 Å². The fourth-order valence-electron chi connectivity index (χ4n) is 1.29. The molecule has 82 valence electrons. The van der Waals surface area contributed by atoms with Crippen LogP contribution in [0.5, 0.6) is 0 Å². The van der Waals surface area contributed by atoms with Crippen LogP contribution in [0.3, 0.4) is 0 Å². The lowest BCUT2D eigenvalue weighted by atomic mass is 10.1. The van der Waals surface area contributed by atoms with E-state index >= 15 is 0 Å². The summed E-state index contributed by atoms with van der Waals surface area (Å²) in [5.74, 6) is 2.66. The molecule has 1 atom stereocenters. The van der Waals surface area contributed by atoms with Gasteiger partial charge in [0, 0.05) is 12.5 Å². The summed E-state index contributed by atoms with van der Waals surface area (Å²) in [6.07, 6.45) is 8.56. The Bertz CT molecular complexity index is 160. The molecule has 0 heterocycles. The van der Waals surface area contributed by atoms with Gasteiger partial charge in [0.25, 0.3) is 0 Å². The van der Waals surface area contributed by atoms with E-state index in [1.807, 2.05) is 0 Å². The van der Waals surface area contributed by atoms with Crippen LogP contribution in [0, 0.1) is 12.3 Å². The van der Waals surface area contributed by atoms with Crippen LogP contribution in [-0.4, -0.2) is 25.3 Å². The quantitative estimate of drug-likeness (QED) is 0.476.